The minimum Gasteiger partial charge on any atom is -0.490 e. The van der Waals surface area contributed by atoms with Crippen LogP contribution in [0.4, 0.5) is 0 Å². The van der Waals surface area contributed by atoms with Gasteiger partial charge < -0.3 is 19.9 Å². The van der Waals surface area contributed by atoms with E-state index < -0.39 is 6.10 Å². The summed E-state index contributed by atoms with van der Waals surface area (Å²) < 4.78 is 12.3. The van der Waals surface area contributed by atoms with E-state index in [-0.39, 0.29) is 5.54 Å². The van der Waals surface area contributed by atoms with Gasteiger partial charge in [0.1, 0.15) is 0 Å². The molecule has 5 heteroatoms. The zero-order valence-corrected chi connectivity index (χ0v) is 13.8. The number of ether oxygens (including phenoxy) is 2. The van der Waals surface area contributed by atoms with Crippen molar-refractivity contribution in [2.75, 3.05) is 13.2 Å². The van der Waals surface area contributed by atoms with Crippen molar-refractivity contribution in [3.8, 4) is 11.5 Å². The number of hydrogen-bond donors (Lipinski definition) is 2. The molecule has 0 saturated carbocycles. The Labute approximate surface area is 128 Å². The molecule has 1 aromatic carbocycles. The number of aliphatic hydroxyl groups excluding tert-OH is 1. The summed E-state index contributed by atoms with van der Waals surface area (Å²) in [6, 6.07) is 4.02. The number of nitrogens with one attached hydrogen (secondary N) is 1. The molecule has 0 radical (unpaired) electrons. The van der Waals surface area contributed by atoms with Crippen molar-refractivity contribution in [2.45, 2.75) is 45.4 Å². The molecule has 4 nitrogen and oxygen atoms in total. The molecule has 2 N–H and O–H groups in total. The summed E-state index contributed by atoms with van der Waals surface area (Å²) >= 11 is 3.53. The Bertz CT molecular complexity index is 474. The lowest BCUT2D eigenvalue weighted by Crippen LogP contribution is -2.47. The van der Waals surface area contributed by atoms with Crippen LogP contribution >= 0.6 is 15.9 Å². The minimum absolute atomic E-state index is 0.337. The predicted octanol–water partition coefficient (Wildman–Crippen LogP) is 2.86. The first-order chi connectivity index (χ1) is 9.40. The van der Waals surface area contributed by atoms with Crippen LogP contribution in [0.3, 0.4) is 0 Å². The molecule has 2 rings (SSSR count). The number of rotatable bonds is 4. The van der Waals surface area contributed by atoms with Crippen molar-refractivity contribution >= 4 is 15.9 Å². The van der Waals surface area contributed by atoms with Gasteiger partial charge in [-0.05, 0) is 54.4 Å². The van der Waals surface area contributed by atoms with Crippen molar-refractivity contribution in [1.82, 2.24) is 5.32 Å². The lowest BCUT2D eigenvalue weighted by atomic mass is 9.98. The average Bonchev–Trinajstić information content (AvgIpc) is 2.62. The van der Waals surface area contributed by atoms with Gasteiger partial charge in [0, 0.05) is 18.5 Å². The molecule has 1 aliphatic heterocycles. The summed E-state index contributed by atoms with van der Waals surface area (Å²) in [6.07, 6.45) is 0.468. The number of fused-ring (bicyclic) bond motifs is 1. The third-order valence-corrected chi connectivity index (χ3v) is 4.24. The Kier molecular flexibility index (Phi) is 4.94. The highest BCUT2D eigenvalue weighted by Crippen LogP contribution is 2.38. The highest BCUT2D eigenvalue weighted by Gasteiger charge is 2.23. The van der Waals surface area contributed by atoms with Gasteiger partial charge in [-0.15, -0.1) is 0 Å². The largest absolute Gasteiger partial charge is 0.490 e. The minimum atomic E-state index is -0.425. The van der Waals surface area contributed by atoms with Crippen LogP contribution in [0.2, 0.25) is 0 Å². The van der Waals surface area contributed by atoms with Crippen molar-refractivity contribution in [3.05, 3.63) is 22.2 Å². The zero-order chi connectivity index (χ0) is 14.8. The molecule has 0 amide bonds. The van der Waals surface area contributed by atoms with E-state index in [2.05, 4.69) is 21.2 Å². The molecule has 0 fully saturated rings. The van der Waals surface area contributed by atoms with E-state index in [0.717, 1.165) is 28.0 Å². The van der Waals surface area contributed by atoms with Gasteiger partial charge in [0.15, 0.2) is 11.5 Å². The predicted molar refractivity (Wildman–Crippen MR) is 82.3 cm³/mol. The summed E-state index contributed by atoms with van der Waals surface area (Å²) in [4.78, 5) is 0. The zero-order valence-electron chi connectivity index (χ0n) is 12.2. The van der Waals surface area contributed by atoms with Gasteiger partial charge in [0.05, 0.1) is 23.8 Å². The Morgan fingerprint density at radius 3 is 2.75 bits per heavy atom. The van der Waals surface area contributed by atoms with Crippen LogP contribution in [-0.4, -0.2) is 30.0 Å². The van der Waals surface area contributed by atoms with E-state index >= 15 is 0 Å². The summed E-state index contributed by atoms with van der Waals surface area (Å²) in [7, 11) is 0. The van der Waals surface area contributed by atoms with Crippen molar-refractivity contribution < 1.29 is 14.6 Å². The molecular weight excluding hydrogens is 322 g/mol. The standard InChI is InChI=1S/C15H22BrNO3/c1-10(18)15(2,3)17-9-11-7-12(16)14-13(8-11)19-5-4-6-20-14/h7-8,10,17-18H,4-6,9H2,1-3H3. The third kappa shape index (κ3) is 3.65. The molecule has 112 valence electrons. The first-order valence-electron chi connectivity index (χ1n) is 6.91. The second-order valence-electron chi connectivity index (χ2n) is 5.71. The summed E-state index contributed by atoms with van der Waals surface area (Å²) in [5.74, 6) is 1.56. The van der Waals surface area contributed by atoms with Crippen molar-refractivity contribution in [3.63, 3.8) is 0 Å². The third-order valence-electron chi connectivity index (χ3n) is 3.65. The van der Waals surface area contributed by atoms with Gasteiger partial charge >= 0.3 is 0 Å². The van der Waals surface area contributed by atoms with Crippen LogP contribution < -0.4 is 14.8 Å². The first-order valence-corrected chi connectivity index (χ1v) is 7.70. The highest BCUT2D eigenvalue weighted by molar-refractivity contribution is 9.10. The molecule has 0 saturated heterocycles. The van der Waals surface area contributed by atoms with E-state index in [0.29, 0.717) is 19.8 Å². The molecule has 1 unspecified atom stereocenters. The van der Waals surface area contributed by atoms with Crippen LogP contribution in [-0.2, 0) is 6.54 Å². The van der Waals surface area contributed by atoms with E-state index in [9.17, 15) is 5.11 Å². The maximum atomic E-state index is 9.73. The molecule has 0 bridgehead atoms. The Morgan fingerprint density at radius 2 is 2.05 bits per heavy atom. The second-order valence-corrected chi connectivity index (χ2v) is 6.56. The maximum Gasteiger partial charge on any atom is 0.175 e. The van der Waals surface area contributed by atoms with Gasteiger partial charge in [-0.1, -0.05) is 0 Å². The number of hydrogen-bond acceptors (Lipinski definition) is 4. The molecule has 1 aromatic rings. The number of halogens is 1. The van der Waals surface area contributed by atoms with Crippen molar-refractivity contribution in [1.29, 1.82) is 0 Å². The van der Waals surface area contributed by atoms with Gasteiger partial charge in [-0.3, -0.25) is 0 Å². The Hall–Kier alpha value is -0.780. The number of benzene rings is 1. The molecule has 0 spiro atoms. The van der Waals surface area contributed by atoms with E-state index in [1.807, 2.05) is 26.0 Å². The lowest BCUT2D eigenvalue weighted by molar-refractivity contribution is 0.0956. The molecular formula is C15H22BrNO3. The molecule has 0 aliphatic carbocycles. The van der Waals surface area contributed by atoms with Gasteiger partial charge in [-0.2, -0.15) is 0 Å². The van der Waals surface area contributed by atoms with Crippen LogP contribution in [0.5, 0.6) is 11.5 Å². The quantitative estimate of drug-likeness (QED) is 0.882. The van der Waals surface area contributed by atoms with E-state index in [1.54, 1.807) is 6.92 Å². The fourth-order valence-corrected chi connectivity index (χ4v) is 2.47. The molecule has 0 aromatic heterocycles. The van der Waals surface area contributed by atoms with Crippen LogP contribution in [0.1, 0.15) is 32.8 Å². The lowest BCUT2D eigenvalue weighted by Gasteiger charge is -2.29. The maximum absolute atomic E-state index is 9.73. The fourth-order valence-electron chi connectivity index (χ4n) is 1.86. The highest BCUT2D eigenvalue weighted by atomic mass is 79.9. The average molecular weight is 344 g/mol. The Balaban J connectivity index is 2.14. The molecule has 1 atom stereocenters. The fraction of sp³-hybridized carbons (Fsp3) is 0.600. The molecule has 1 aliphatic rings. The van der Waals surface area contributed by atoms with Crippen LogP contribution in [0, 0.1) is 0 Å². The molecule has 1 heterocycles. The van der Waals surface area contributed by atoms with E-state index in [4.69, 9.17) is 9.47 Å². The first kappa shape index (κ1) is 15.6. The van der Waals surface area contributed by atoms with E-state index in [1.165, 1.54) is 0 Å². The number of aliphatic hydroxyl groups is 1. The van der Waals surface area contributed by atoms with Gasteiger partial charge in [0.2, 0.25) is 0 Å². The second kappa shape index (κ2) is 6.33. The topological polar surface area (TPSA) is 50.7 Å². The normalized spacial score (nSPS) is 16.6. The van der Waals surface area contributed by atoms with Gasteiger partial charge in [0.25, 0.3) is 0 Å². The SMILES string of the molecule is CC(O)C(C)(C)NCc1cc(Br)c2c(c1)OCCCO2. The monoisotopic (exact) mass is 343 g/mol. The Morgan fingerprint density at radius 1 is 1.35 bits per heavy atom. The van der Waals surface area contributed by atoms with Crippen molar-refractivity contribution in [2.24, 2.45) is 0 Å². The molecule has 20 heavy (non-hydrogen) atoms. The van der Waals surface area contributed by atoms with Crippen LogP contribution in [0.25, 0.3) is 0 Å². The van der Waals surface area contributed by atoms with Crippen LogP contribution in [0.15, 0.2) is 16.6 Å². The summed E-state index contributed by atoms with van der Waals surface area (Å²) in [5, 5.41) is 13.1. The van der Waals surface area contributed by atoms with Gasteiger partial charge in [-0.25, -0.2) is 0 Å². The smallest absolute Gasteiger partial charge is 0.175 e. The summed E-state index contributed by atoms with van der Waals surface area (Å²) in [5.41, 5.74) is 0.756. The summed E-state index contributed by atoms with van der Waals surface area (Å²) in [6.45, 7) is 7.77.